The van der Waals surface area contributed by atoms with Crippen LogP contribution in [0.2, 0.25) is 177 Å². The summed E-state index contributed by atoms with van der Waals surface area (Å²) in [6, 6.07) is 22.2. The van der Waals surface area contributed by atoms with Crippen molar-refractivity contribution >= 4 is 100.0 Å². The summed E-state index contributed by atoms with van der Waals surface area (Å²) < 4.78 is 0. The van der Waals surface area contributed by atoms with E-state index in [0.717, 1.165) is 15.5 Å². The van der Waals surface area contributed by atoms with Gasteiger partial charge in [0.1, 0.15) is 0 Å². The van der Waals surface area contributed by atoms with Crippen LogP contribution in [-0.2, 0) is 18.1 Å². The number of hydrogen-bond donors (Lipinski definition) is 0. The van der Waals surface area contributed by atoms with E-state index in [1.165, 1.54) is 29.3 Å². The fourth-order valence-corrected chi connectivity index (χ4v) is 52.7. The van der Waals surface area contributed by atoms with Gasteiger partial charge in [0.25, 0.3) is 0 Å². The molecule has 55 heavy (non-hydrogen) atoms. The van der Waals surface area contributed by atoms with Gasteiger partial charge in [-0.05, 0) is 73.6 Å². The maximum atomic E-state index is 4.24. The molecule has 2 aromatic rings. The van der Waals surface area contributed by atoms with Crippen LogP contribution in [0, 0.1) is 12.1 Å². The van der Waals surface area contributed by atoms with Crippen molar-refractivity contribution in [3.8, 4) is 0 Å². The average Bonchev–Trinajstić information content (AvgIpc) is 2.74. The molecule has 0 nitrogen and oxygen atoms in total. The first kappa shape index (κ1) is 56.3. The van der Waals surface area contributed by atoms with E-state index in [9.17, 15) is 0 Å². The predicted molar refractivity (Wildman–Crippen MR) is 290 cm³/mol. The second-order valence-electron chi connectivity index (χ2n) is 27.6. The van der Waals surface area contributed by atoms with E-state index in [4.69, 9.17) is 0 Å². The summed E-state index contributed by atoms with van der Waals surface area (Å²) in [6.45, 7) is 69.2. The van der Waals surface area contributed by atoms with E-state index >= 15 is 0 Å². The minimum atomic E-state index is -1.39. The normalized spacial score (nSPS) is 14.3. The van der Waals surface area contributed by atoms with Gasteiger partial charge in [-0.15, -0.1) is 0 Å². The monoisotopic (exact) mass is 1100 g/mol. The molecule has 0 unspecified atom stereocenters. The maximum absolute atomic E-state index is 4.24. The Balaban J connectivity index is -0.00000106. The Morgan fingerprint density at radius 3 is 0.836 bits per heavy atom. The molecule has 0 heterocycles. The van der Waals surface area contributed by atoms with Crippen molar-refractivity contribution in [1.29, 1.82) is 0 Å². The van der Waals surface area contributed by atoms with Gasteiger partial charge in [-0.3, -0.25) is 0 Å². The quantitative estimate of drug-likeness (QED) is 0.156. The smallest absolute Gasteiger partial charge is 0.0493 e. The van der Waals surface area contributed by atoms with Crippen molar-refractivity contribution in [3.63, 3.8) is 0 Å². The third kappa shape index (κ3) is 20.2. The molecule has 0 N–H and O–H groups in total. The first-order valence-electron chi connectivity index (χ1n) is 21.5. The van der Waals surface area contributed by atoms with Crippen LogP contribution in [0.25, 0.3) is 0 Å². The zero-order chi connectivity index (χ0) is 43.1. The van der Waals surface area contributed by atoms with Crippen molar-refractivity contribution < 1.29 is 2.85 Å². The van der Waals surface area contributed by atoms with Crippen molar-refractivity contribution in [2.75, 3.05) is 0 Å². The molecular formula is C45H98PbSi9. The van der Waals surface area contributed by atoms with Crippen LogP contribution in [0.15, 0.2) is 24.3 Å². The summed E-state index contributed by atoms with van der Waals surface area (Å²) in [5, 5.41) is 2.32. The molecule has 0 aliphatic heterocycles. The minimum absolute atomic E-state index is 0. The zero-order valence-electron chi connectivity index (χ0n) is 42.2. The Bertz CT molecular complexity index is 1270. The molecule has 6 radical (unpaired) electrons. The van der Waals surface area contributed by atoms with Gasteiger partial charge in [-0.2, -0.15) is 0 Å². The Labute approximate surface area is 379 Å². The van der Waals surface area contributed by atoms with E-state index in [-0.39, 0.29) is 30.2 Å². The Kier molecular flexibility index (Phi) is 20.0. The van der Waals surface area contributed by atoms with Crippen molar-refractivity contribution in [1.82, 2.24) is 0 Å². The van der Waals surface area contributed by atoms with E-state index in [1.54, 1.807) is 22.3 Å². The molecule has 2 rings (SSSR count). The molecule has 0 aliphatic carbocycles. The molecule has 0 fully saturated rings. The SMILES string of the molecule is C[Si](C)(C)C(c1[c]c(C([Si](C)(C)C)[Si](C)(C)C)cc(C([Si](C)(C)C)[Si](C)(C)C)c1)[Si](C)(C)C.C[Si](C)(C)Cc1[c]c(C[Si](C)(C)C)cc(C[Si](C)(C)C)c1.[HH].[HH].[Pb]. The molecule has 0 amide bonds. The average molecular weight is 1100 g/mol. The summed E-state index contributed by atoms with van der Waals surface area (Å²) in [7, 11) is -11.5. The fourth-order valence-electron chi connectivity index (χ4n) is 10.7. The molecule has 0 saturated heterocycles. The van der Waals surface area contributed by atoms with Crippen molar-refractivity contribution in [3.05, 3.63) is 69.8 Å². The van der Waals surface area contributed by atoms with Crippen LogP contribution in [0.4, 0.5) is 0 Å². The van der Waals surface area contributed by atoms with Crippen molar-refractivity contribution in [2.24, 2.45) is 0 Å². The largest absolute Gasteiger partial charge is 0.0693 e. The van der Waals surface area contributed by atoms with E-state index in [1.807, 2.05) is 0 Å². The summed E-state index contributed by atoms with van der Waals surface area (Å²) in [5.74, 6) is 0. The molecule has 0 spiro atoms. The van der Waals surface area contributed by atoms with Crippen LogP contribution in [0.5, 0.6) is 0 Å². The third-order valence-corrected chi connectivity index (χ3v) is 42.5. The van der Waals surface area contributed by atoms with E-state index in [0.29, 0.717) is 0 Å². The Hall–Kier alpha value is 1.31. The molecule has 0 aromatic heterocycles. The predicted octanol–water partition coefficient (Wildman–Crippen LogP) is 15.9. The van der Waals surface area contributed by atoms with Gasteiger partial charge in [-0.25, -0.2) is 0 Å². The molecule has 2 aromatic carbocycles. The Morgan fingerprint density at radius 2 is 0.618 bits per heavy atom. The summed E-state index contributed by atoms with van der Waals surface area (Å²) in [6.07, 6.45) is 0. The topological polar surface area (TPSA) is 0 Å². The number of benzene rings is 2. The van der Waals surface area contributed by atoms with Gasteiger partial charge in [0.05, 0.1) is 0 Å². The zero-order valence-corrected chi connectivity index (χ0v) is 55.1. The first-order chi connectivity index (χ1) is 23.4. The van der Waals surface area contributed by atoms with E-state index < -0.39 is 72.7 Å². The van der Waals surface area contributed by atoms with Crippen LogP contribution in [0.1, 0.15) is 51.7 Å². The second-order valence-corrected chi connectivity index (χ2v) is 77.6. The maximum Gasteiger partial charge on any atom is 0.0493 e. The van der Waals surface area contributed by atoms with Gasteiger partial charge in [0.15, 0.2) is 0 Å². The van der Waals surface area contributed by atoms with E-state index in [2.05, 4.69) is 213 Å². The molecule has 0 atom stereocenters. The summed E-state index contributed by atoms with van der Waals surface area (Å²) in [5.41, 5.74) is 9.48. The van der Waals surface area contributed by atoms with Crippen molar-refractivity contribution in [2.45, 2.75) is 210 Å². The molecular weight excluding hydrogens is 1000 g/mol. The summed E-state index contributed by atoms with van der Waals surface area (Å²) >= 11 is 0. The van der Waals surface area contributed by atoms with Gasteiger partial charge in [-0.1, -0.05) is 207 Å². The fraction of sp³-hybridized carbons (Fsp3) is 0.733. The first-order valence-corrected chi connectivity index (χ1v) is 54.1. The number of hydrogen-bond acceptors (Lipinski definition) is 0. The van der Waals surface area contributed by atoms with Crippen LogP contribution in [0.3, 0.4) is 0 Å². The molecule has 0 saturated carbocycles. The van der Waals surface area contributed by atoms with Gasteiger partial charge < -0.3 is 0 Å². The van der Waals surface area contributed by atoms with Gasteiger partial charge in [0.2, 0.25) is 0 Å². The summed E-state index contributed by atoms with van der Waals surface area (Å²) in [4.78, 5) is 0. The van der Waals surface area contributed by atoms with Crippen LogP contribution < -0.4 is 0 Å². The molecule has 0 bridgehead atoms. The van der Waals surface area contributed by atoms with Gasteiger partial charge >= 0.3 is 0 Å². The molecule has 10 heteroatoms. The molecule has 0 aliphatic rings. The third-order valence-electron chi connectivity index (χ3n) is 10.3. The molecule has 318 valence electrons. The Morgan fingerprint density at radius 1 is 0.364 bits per heavy atom. The standard InChI is InChI=1S/C27H59Si6.C18H35Si3.Pb.2H2/c1-28(2,3)25(29(4,5)6)22-19-23(26(30(7,8)9)31(10,11)12)21-24(20-22)27(32(13,14)15)33(16,17)18;1-19(2,3)13-16-10-17(14-20(4,5)6)12-18(11-16)15-21(7,8)9;;;/h19-20,25-27H,1-18H3;10-11H,13-15H2,1-9H3;;2*1H. The second kappa shape index (κ2) is 19.6. The van der Waals surface area contributed by atoms with Crippen LogP contribution >= 0.6 is 0 Å². The minimum Gasteiger partial charge on any atom is -0.0693 e. The number of rotatable bonds is 15. The van der Waals surface area contributed by atoms with Crippen LogP contribution in [-0.4, -0.2) is 100.0 Å². The van der Waals surface area contributed by atoms with Gasteiger partial charge in [0, 0.05) is 103 Å².